The Morgan fingerprint density at radius 2 is 1.73 bits per heavy atom. The molecule has 1 saturated heterocycles. The maximum atomic E-state index is 6.05. The van der Waals surface area contributed by atoms with Gasteiger partial charge in [-0.05, 0) is 46.1 Å². The highest BCUT2D eigenvalue weighted by molar-refractivity contribution is 5.30. The van der Waals surface area contributed by atoms with E-state index >= 15 is 0 Å². The van der Waals surface area contributed by atoms with Crippen LogP contribution in [0, 0.1) is 6.92 Å². The quantitative estimate of drug-likeness (QED) is 0.812. The van der Waals surface area contributed by atoms with Crippen LogP contribution in [-0.4, -0.2) is 18.8 Å². The largest absolute Gasteiger partial charge is 0.376 e. The van der Waals surface area contributed by atoms with Crippen molar-refractivity contribution in [3.63, 3.8) is 0 Å². The summed E-state index contributed by atoms with van der Waals surface area (Å²) >= 11 is 0. The van der Waals surface area contributed by atoms with Gasteiger partial charge in [0.05, 0.1) is 12.1 Å². The van der Waals surface area contributed by atoms with Crippen molar-refractivity contribution in [3.8, 4) is 0 Å². The van der Waals surface area contributed by atoms with Crippen molar-refractivity contribution in [1.82, 2.24) is 0 Å². The van der Waals surface area contributed by atoms with E-state index in [4.69, 9.17) is 4.74 Å². The third-order valence-corrected chi connectivity index (χ3v) is 5.97. The van der Waals surface area contributed by atoms with Crippen LogP contribution in [0.3, 0.4) is 0 Å². The molecule has 0 amide bonds. The predicted octanol–water partition coefficient (Wildman–Crippen LogP) is 4.54. The third-order valence-electron chi connectivity index (χ3n) is 5.97. The molecular formula is C24H34NO+. The van der Waals surface area contributed by atoms with Gasteiger partial charge in [0.2, 0.25) is 0 Å². The first-order chi connectivity index (χ1) is 12.4. The first kappa shape index (κ1) is 19.1. The molecule has 0 unspecified atom stereocenters. The minimum atomic E-state index is -0.0474. The Kier molecular flexibility index (Phi) is 5.84. The summed E-state index contributed by atoms with van der Waals surface area (Å²) in [5.41, 5.74) is 4.40. The van der Waals surface area contributed by atoms with Crippen LogP contribution < -0.4 is 5.32 Å². The molecule has 2 nitrogen and oxygen atoms in total. The van der Waals surface area contributed by atoms with Gasteiger partial charge in [-0.1, -0.05) is 60.2 Å². The smallest absolute Gasteiger partial charge is 0.109 e. The molecule has 0 aromatic heterocycles. The zero-order valence-corrected chi connectivity index (χ0v) is 16.8. The van der Waals surface area contributed by atoms with Crippen molar-refractivity contribution in [2.75, 3.05) is 13.2 Å². The summed E-state index contributed by atoms with van der Waals surface area (Å²) in [6.07, 6.45) is 3.41. The Labute approximate surface area is 159 Å². The zero-order chi connectivity index (χ0) is 18.6. The lowest BCUT2D eigenvalue weighted by atomic mass is 9.67. The zero-order valence-electron chi connectivity index (χ0n) is 16.8. The molecule has 1 fully saturated rings. The first-order valence-corrected chi connectivity index (χ1v) is 10.00. The van der Waals surface area contributed by atoms with E-state index in [2.05, 4.69) is 87.6 Å². The van der Waals surface area contributed by atoms with E-state index < -0.39 is 0 Å². The van der Waals surface area contributed by atoms with Crippen LogP contribution in [0.4, 0.5) is 0 Å². The van der Waals surface area contributed by atoms with E-state index in [1.807, 2.05) is 0 Å². The highest BCUT2D eigenvalue weighted by Crippen LogP contribution is 2.43. The monoisotopic (exact) mass is 352 g/mol. The number of ether oxygens (including phenoxy) is 1. The number of hydrogen-bond donors (Lipinski definition) is 1. The van der Waals surface area contributed by atoms with Gasteiger partial charge in [-0.2, -0.15) is 0 Å². The van der Waals surface area contributed by atoms with Gasteiger partial charge in [0, 0.05) is 24.0 Å². The topological polar surface area (TPSA) is 25.8 Å². The fourth-order valence-electron chi connectivity index (χ4n) is 4.49. The van der Waals surface area contributed by atoms with E-state index in [0.717, 1.165) is 26.0 Å². The number of aryl methyl sites for hydroxylation is 1. The summed E-state index contributed by atoms with van der Waals surface area (Å²) in [6.45, 7) is 11.0. The Morgan fingerprint density at radius 3 is 2.38 bits per heavy atom. The lowest BCUT2D eigenvalue weighted by Gasteiger charge is -2.45. The van der Waals surface area contributed by atoms with Crippen LogP contribution in [0.2, 0.25) is 0 Å². The number of quaternary nitrogens is 1. The summed E-state index contributed by atoms with van der Waals surface area (Å²) in [4.78, 5) is 0. The molecule has 2 aromatic rings. The fraction of sp³-hybridized carbons (Fsp3) is 0.500. The Bertz CT molecular complexity index is 692. The van der Waals surface area contributed by atoms with Crippen molar-refractivity contribution in [2.45, 2.75) is 64.0 Å². The van der Waals surface area contributed by atoms with E-state index in [-0.39, 0.29) is 11.0 Å². The summed E-state index contributed by atoms with van der Waals surface area (Å²) < 4.78 is 6.05. The maximum absolute atomic E-state index is 6.05. The number of nitrogens with two attached hydrogens (primary N) is 1. The molecule has 0 spiro atoms. The third kappa shape index (κ3) is 4.55. The molecule has 3 rings (SSSR count). The van der Waals surface area contributed by atoms with Gasteiger partial charge in [-0.15, -0.1) is 0 Å². The van der Waals surface area contributed by atoms with Crippen molar-refractivity contribution < 1.29 is 10.1 Å². The molecule has 2 atom stereocenters. The lowest BCUT2D eigenvalue weighted by molar-refractivity contribution is -0.693. The normalized spacial score (nSPS) is 23.5. The SMILES string of the molecule is Cc1ccc([C@@]2(CC[NH2+][C@@H](C)c3ccccc3)CCOC(C)(C)C2)cc1. The molecule has 2 N–H and O–H groups in total. The summed E-state index contributed by atoms with van der Waals surface area (Å²) in [5, 5.41) is 2.49. The van der Waals surface area contributed by atoms with Crippen LogP contribution in [0.1, 0.15) is 62.8 Å². The average Bonchev–Trinajstić information content (AvgIpc) is 2.62. The predicted molar refractivity (Wildman–Crippen MR) is 108 cm³/mol. The maximum Gasteiger partial charge on any atom is 0.109 e. The summed E-state index contributed by atoms with van der Waals surface area (Å²) in [6, 6.07) is 20.5. The molecule has 1 aliphatic rings. The molecular weight excluding hydrogens is 318 g/mol. The number of hydrogen-bond acceptors (Lipinski definition) is 1. The van der Waals surface area contributed by atoms with Crippen molar-refractivity contribution >= 4 is 0 Å². The number of benzene rings is 2. The van der Waals surface area contributed by atoms with Crippen LogP contribution in [0.15, 0.2) is 54.6 Å². The average molecular weight is 353 g/mol. The highest BCUT2D eigenvalue weighted by Gasteiger charge is 2.42. The second-order valence-corrected chi connectivity index (χ2v) is 8.66. The molecule has 2 heteroatoms. The fourth-order valence-corrected chi connectivity index (χ4v) is 4.49. The van der Waals surface area contributed by atoms with Gasteiger partial charge in [0.25, 0.3) is 0 Å². The Balaban J connectivity index is 1.73. The standard InChI is InChI=1S/C24H33NO/c1-19-10-12-22(13-11-19)24(15-17-26-23(3,4)18-24)14-16-25-20(2)21-8-6-5-7-9-21/h5-13,20,25H,14-18H2,1-4H3/p+1/t20-,24-/m0/s1. The van der Waals surface area contributed by atoms with E-state index in [9.17, 15) is 0 Å². The minimum absolute atomic E-state index is 0.0474. The van der Waals surface area contributed by atoms with Gasteiger partial charge in [0.15, 0.2) is 0 Å². The minimum Gasteiger partial charge on any atom is -0.376 e. The molecule has 2 aromatic carbocycles. The lowest BCUT2D eigenvalue weighted by Crippen LogP contribution is -2.85. The molecule has 140 valence electrons. The van der Waals surface area contributed by atoms with Crippen LogP contribution in [-0.2, 0) is 10.2 Å². The second-order valence-electron chi connectivity index (χ2n) is 8.66. The molecule has 1 heterocycles. The van der Waals surface area contributed by atoms with E-state index in [1.54, 1.807) is 0 Å². The molecule has 0 radical (unpaired) electrons. The summed E-state index contributed by atoms with van der Waals surface area (Å²) in [5.74, 6) is 0. The van der Waals surface area contributed by atoms with Gasteiger partial charge in [-0.25, -0.2) is 0 Å². The van der Waals surface area contributed by atoms with Crippen LogP contribution >= 0.6 is 0 Å². The molecule has 0 bridgehead atoms. The summed E-state index contributed by atoms with van der Waals surface area (Å²) in [7, 11) is 0. The van der Waals surface area contributed by atoms with Gasteiger partial charge < -0.3 is 10.1 Å². The van der Waals surface area contributed by atoms with Gasteiger partial charge in [-0.3, -0.25) is 0 Å². The van der Waals surface area contributed by atoms with Gasteiger partial charge in [0.1, 0.15) is 6.04 Å². The molecule has 26 heavy (non-hydrogen) atoms. The molecule has 1 aliphatic heterocycles. The highest BCUT2D eigenvalue weighted by atomic mass is 16.5. The first-order valence-electron chi connectivity index (χ1n) is 10.00. The van der Waals surface area contributed by atoms with Crippen molar-refractivity contribution in [2.24, 2.45) is 0 Å². The van der Waals surface area contributed by atoms with Crippen molar-refractivity contribution in [1.29, 1.82) is 0 Å². The molecule has 0 aliphatic carbocycles. The number of rotatable bonds is 6. The molecule has 0 saturated carbocycles. The van der Waals surface area contributed by atoms with E-state index in [0.29, 0.717) is 6.04 Å². The Hall–Kier alpha value is -1.64. The van der Waals surface area contributed by atoms with Crippen LogP contribution in [0.5, 0.6) is 0 Å². The van der Waals surface area contributed by atoms with Crippen molar-refractivity contribution in [3.05, 3.63) is 71.3 Å². The second kappa shape index (κ2) is 7.94. The van der Waals surface area contributed by atoms with Gasteiger partial charge >= 0.3 is 0 Å². The van der Waals surface area contributed by atoms with E-state index in [1.165, 1.54) is 23.1 Å². The Morgan fingerprint density at radius 1 is 1.04 bits per heavy atom. The van der Waals surface area contributed by atoms with Crippen LogP contribution in [0.25, 0.3) is 0 Å².